The molecule has 0 amide bonds. The van der Waals surface area contributed by atoms with Crippen LogP contribution in [0.3, 0.4) is 0 Å². The van der Waals surface area contributed by atoms with E-state index in [9.17, 15) is 0 Å². The highest BCUT2D eigenvalue weighted by Gasteiger charge is 2.33. The van der Waals surface area contributed by atoms with Crippen LogP contribution in [0.1, 0.15) is 11.1 Å². The molecule has 1 unspecified atom stereocenters. The number of nitrogens with one attached hydrogen (secondary N) is 1. The molecule has 332 valence electrons. The molecular weight excluding hydrogens is 881 g/mol. The molecule has 0 saturated carbocycles. The Morgan fingerprint density at radius 1 is 0.380 bits per heavy atom. The van der Waals surface area contributed by atoms with Gasteiger partial charge in [-0.25, -0.2) is 4.99 Å². The SMILES string of the molecule is C1=C(c2ccccc2)SC2=C(c3ccc(-c4cccc5ccccc45)cc3)N=C(n3c4ccc(-c5cccc6c5c5c7ccccc7ccc5n6-c5ccccc5)cc4c4cc5ccccc5cc43)NC12. The number of aliphatic imine (C=N–C) groups is 1. The smallest absolute Gasteiger partial charge is 0.209 e. The Morgan fingerprint density at radius 3 is 1.80 bits per heavy atom. The van der Waals surface area contributed by atoms with E-state index < -0.39 is 0 Å². The fourth-order valence-corrected chi connectivity index (χ4v) is 12.7. The third-order valence-corrected chi connectivity index (χ3v) is 16.0. The first-order valence-electron chi connectivity index (χ1n) is 24.3. The maximum Gasteiger partial charge on any atom is 0.209 e. The summed E-state index contributed by atoms with van der Waals surface area (Å²) in [6, 6.07) is 86.3. The average molecular weight is 923 g/mol. The largest absolute Gasteiger partial charge is 0.344 e. The van der Waals surface area contributed by atoms with Crippen LogP contribution in [0.15, 0.2) is 253 Å². The van der Waals surface area contributed by atoms with Crippen molar-refractivity contribution in [1.29, 1.82) is 0 Å². The molecule has 15 rings (SSSR count). The van der Waals surface area contributed by atoms with Gasteiger partial charge in [-0.3, -0.25) is 4.57 Å². The Hall–Kier alpha value is -8.90. The van der Waals surface area contributed by atoms with Gasteiger partial charge in [0.05, 0.1) is 33.8 Å². The summed E-state index contributed by atoms with van der Waals surface area (Å²) in [5.74, 6) is 0.806. The molecule has 0 bridgehead atoms. The lowest BCUT2D eigenvalue weighted by molar-refractivity contribution is 0.835. The number of rotatable bonds is 5. The van der Waals surface area contributed by atoms with Crippen molar-refractivity contribution < 1.29 is 0 Å². The van der Waals surface area contributed by atoms with E-state index in [0.29, 0.717) is 0 Å². The second-order valence-electron chi connectivity index (χ2n) is 18.7. The number of hydrogen-bond acceptors (Lipinski definition) is 3. The standard InChI is InChI=1S/C66H42N4S/c1-3-17-44(18-4-1)61-40-56-65(71-61)64(45-31-29-43(30-32-45)51-26-13-21-41-15-9-11-24-50(41)51)68-66(67-56)70-57-35-34-48(38-54(57)55-37-46-19-7-8-20-47(46)39-60(55)70)53-27-14-28-58-63(53)62-52-25-12-10-16-42(52)33-36-59(62)69(58)49-22-5-2-6-23-49/h1-40,56H,(H,67,68). The monoisotopic (exact) mass is 922 g/mol. The zero-order chi connectivity index (χ0) is 46.6. The molecule has 2 aliphatic rings. The zero-order valence-electron chi connectivity index (χ0n) is 38.4. The van der Waals surface area contributed by atoms with Crippen LogP contribution in [0.25, 0.3) is 114 Å². The van der Waals surface area contributed by atoms with Gasteiger partial charge in [0, 0.05) is 42.6 Å². The summed E-state index contributed by atoms with van der Waals surface area (Å²) >= 11 is 1.82. The number of hydrogen-bond donors (Lipinski definition) is 1. The van der Waals surface area contributed by atoms with E-state index in [-0.39, 0.29) is 6.04 Å². The van der Waals surface area contributed by atoms with Crippen LogP contribution in [0.5, 0.6) is 0 Å². The van der Waals surface area contributed by atoms with Crippen molar-refractivity contribution in [3.63, 3.8) is 0 Å². The van der Waals surface area contributed by atoms with Crippen molar-refractivity contribution >= 4 is 104 Å². The topological polar surface area (TPSA) is 34.2 Å². The number of benzene rings is 11. The van der Waals surface area contributed by atoms with Gasteiger partial charge in [0.1, 0.15) is 0 Å². The molecule has 2 aromatic heterocycles. The van der Waals surface area contributed by atoms with Gasteiger partial charge in [-0.15, -0.1) is 0 Å². The van der Waals surface area contributed by atoms with Gasteiger partial charge in [-0.2, -0.15) is 0 Å². The second-order valence-corrected chi connectivity index (χ2v) is 19.8. The highest BCUT2D eigenvalue weighted by Crippen LogP contribution is 2.49. The van der Waals surface area contributed by atoms with Crippen LogP contribution in [0.2, 0.25) is 0 Å². The Labute approximate surface area is 414 Å². The summed E-state index contributed by atoms with van der Waals surface area (Å²) in [4.78, 5) is 8.14. The molecule has 11 aromatic carbocycles. The minimum atomic E-state index is -0.0722. The number of nitrogens with zero attached hydrogens (tertiary/aromatic N) is 3. The summed E-state index contributed by atoms with van der Waals surface area (Å²) in [6.07, 6.45) is 2.38. The van der Waals surface area contributed by atoms with E-state index in [2.05, 4.69) is 257 Å². The van der Waals surface area contributed by atoms with Gasteiger partial charge in [-0.05, 0) is 115 Å². The summed E-state index contributed by atoms with van der Waals surface area (Å²) in [7, 11) is 0. The van der Waals surface area contributed by atoms with Crippen LogP contribution in [0, 0.1) is 0 Å². The van der Waals surface area contributed by atoms with Crippen LogP contribution >= 0.6 is 11.8 Å². The van der Waals surface area contributed by atoms with Gasteiger partial charge >= 0.3 is 0 Å². The molecule has 4 nitrogen and oxygen atoms in total. The predicted molar refractivity (Wildman–Crippen MR) is 302 cm³/mol. The Bertz CT molecular complexity index is 4440. The van der Waals surface area contributed by atoms with Crippen molar-refractivity contribution in [2.45, 2.75) is 6.04 Å². The predicted octanol–water partition coefficient (Wildman–Crippen LogP) is 17.0. The fourth-order valence-electron chi connectivity index (χ4n) is 11.5. The first-order chi connectivity index (χ1) is 35.2. The maximum absolute atomic E-state index is 5.71. The lowest BCUT2D eigenvalue weighted by Gasteiger charge is -2.25. The first-order valence-corrected chi connectivity index (χ1v) is 25.1. The molecule has 1 N–H and O–H groups in total. The third kappa shape index (κ3) is 6.30. The van der Waals surface area contributed by atoms with Gasteiger partial charge in [0.25, 0.3) is 0 Å². The summed E-state index contributed by atoms with van der Waals surface area (Å²) in [6.45, 7) is 0. The quantitative estimate of drug-likeness (QED) is 0.187. The number of aromatic nitrogens is 2. The lowest BCUT2D eigenvalue weighted by Crippen LogP contribution is -2.40. The highest BCUT2D eigenvalue weighted by atomic mass is 32.2. The Kier molecular flexibility index (Phi) is 8.92. The molecule has 0 fully saturated rings. The molecule has 0 radical (unpaired) electrons. The minimum absolute atomic E-state index is 0.0722. The van der Waals surface area contributed by atoms with Gasteiger partial charge in [0.15, 0.2) is 0 Å². The summed E-state index contributed by atoms with van der Waals surface area (Å²) in [5, 5.41) is 16.2. The van der Waals surface area contributed by atoms with Crippen molar-refractivity contribution in [3.05, 3.63) is 259 Å². The second kappa shape index (κ2) is 15.8. The Morgan fingerprint density at radius 2 is 0.986 bits per heavy atom. The third-order valence-electron chi connectivity index (χ3n) is 14.7. The van der Waals surface area contributed by atoms with E-state index in [1.165, 1.54) is 103 Å². The molecule has 0 spiro atoms. The number of thioether (sulfide) groups is 1. The highest BCUT2D eigenvalue weighted by molar-refractivity contribution is 8.12. The van der Waals surface area contributed by atoms with Crippen molar-refractivity contribution in [1.82, 2.24) is 14.5 Å². The number of fused-ring (bicyclic) bond motifs is 11. The molecule has 0 saturated heterocycles. The van der Waals surface area contributed by atoms with E-state index in [1.807, 2.05) is 11.8 Å². The molecule has 0 aliphatic carbocycles. The van der Waals surface area contributed by atoms with Crippen LogP contribution in [-0.2, 0) is 0 Å². The van der Waals surface area contributed by atoms with E-state index in [0.717, 1.165) is 33.9 Å². The molecule has 2 aliphatic heterocycles. The molecule has 4 heterocycles. The summed E-state index contributed by atoms with van der Waals surface area (Å²) in [5.41, 5.74) is 13.8. The van der Waals surface area contributed by atoms with Gasteiger partial charge in [0.2, 0.25) is 5.96 Å². The van der Waals surface area contributed by atoms with E-state index in [1.54, 1.807) is 0 Å². The zero-order valence-corrected chi connectivity index (χ0v) is 39.2. The minimum Gasteiger partial charge on any atom is -0.344 e. The normalized spacial score (nSPS) is 14.8. The molecule has 1 atom stereocenters. The molecular formula is C66H42N4S. The molecule has 5 heteroatoms. The van der Waals surface area contributed by atoms with Crippen molar-refractivity contribution in [3.8, 4) is 27.9 Å². The lowest BCUT2D eigenvalue weighted by atomic mass is 9.95. The Balaban J connectivity index is 0.943. The maximum atomic E-state index is 5.71. The number of para-hydroxylation sites is 1. The fraction of sp³-hybridized carbons (Fsp3) is 0.0152. The van der Waals surface area contributed by atoms with Crippen LogP contribution < -0.4 is 5.32 Å². The molecule has 13 aromatic rings. The molecule has 71 heavy (non-hydrogen) atoms. The van der Waals surface area contributed by atoms with Crippen LogP contribution in [-0.4, -0.2) is 21.1 Å². The average Bonchev–Trinajstić information content (AvgIpc) is 4.13. The first kappa shape index (κ1) is 40.0. The van der Waals surface area contributed by atoms with Crippen molar-refractivity contribution in [2.24, 2.45) is 4.99 Å². The van der Waals surface area contributed by atoms with Gasteiger partial charge < -0.3 is 9.88 Å². The summed E-state index contributed by atoms with van der Waals surface area (Å²) < 4.78 is 4.80. The van der Waals surface area contributed by atoms with Gasteiger partial charge in [-0.1, -0.05) is 200 Å². The van der Waals surface area contributed by atoms with E-state index in [4.69, 9.17) is 4.99 Å². The van der Waals surface area contributed by atoms with E-state index >= 15 is 0 Å². The van der Waals surface area contributed by atoms with Crippen molar-refractivity contribution in [2.75, 3.05) is 0 Å². The van der Waals surface area contributed by atoms with Crippen LogP contribution in [0.4, 0.5) is 0 Å².